The van der Waals surface area contributed by atoms with Crippen LogP contribution in [0.25, 0.3) is 0 Å². The zero-order chi connectivity index (χ0) is 22.2. The summed E-state index contributed by atoms with van der Waals surface area (Å²) in [5.74, 6) is -2.73. The van der Waals surface area contributed by atoms with Crippen LogP contribution in [0.5, 0.6) is 5.75 Å². The summed E-state index contributed by atoms with van der Waals surface area (Å²) in [5.41, 5.74) is 3.19. The van der Waals surface area contributed by atoms with Crippen LogP contribution < -0.4 is 15.5 Å². The summed E-state index contributed by atoms with van der Waals surface area (Å²) in [6, 6.07) is 17.6. The van der Waals surface area contributed by atoms with Crippen LogP contribution in [-0.4, -0.2) is 24.0 Å². The third-order valence-electron chi connectivity index (χ3n) is 3.84. The molecule has 0 bridgehead atoms. The summed E-state index contributed by atoms with van der Waals surface area (Å²) in [5, 5.41) is 6.52. The predicted molar refractivity (Wildman–Crippen MR) is 114 cm³/mol. The van der Waals surface area contributed by atoms with Crippen LogP contribution in [0.4, 0.5) is 10.1 Å². The summed E-state index contributed by atoms with van der Waals surface area (Å²) < 4.78 is 18.2. The van der Waals surface area contributed by atoms with E-state index in [1.165, 1.54) is 24.4 Å². The van der Waals surface area contributed by atoms with Gasteiger partial charge in [-0.1, -0.05) is 23.7 Å². The topological polar surface area (TPSA) is 96.9 Å². The van der Waals surface area contributed by atoms with Crippen molar-refractivity contribution in [3.8, 4) is 5.75 Å². The van der Waals surface area contributed by atoms with Crippen LogP contribution >= 0.6 is 11.6 Å². The number of anilines is 1. The van der Waals surface area contributed by atoms with E-state index in [9.17, 15) is 18.8 Å². The molecule has 2 amide bonds. The fourth-order valence-corrected chi connectivity index (χ4v) is 2.47. The zero-order valence-electron chi connectivity index (χ0n) is 15.8. The molecule has 7 nitrogen and oxygen atoms in total. The lowest BCUT2D eigenvalue weighted by Gasteiger charge is -2.05. The van der Waals surface area contributed by atoms with Gasteiger partial charge in [-0.25, -0.2) is 14.6 Å². The molecule has 0 fully saturated rings. The Hall–Kier alpha value is -4.04. The molecule has 0 spiro atoms. The number of nitrogens with one attached hydrogen (secondary N) is 2. The predicted octanol–water partition coefficient (Wildman–Crippen LogP) is 3.79. The van der Waals surface area contributed by atoms with Gasteiger partial charge in [0.1, 0.15) is 11.6 Å². The number of ether oxygens (including phenoxy) is 1. The molecule has 0 radical (unpaired) electrons. The fourth-order valence-electron chi connectivity index (χ4n) is 2.35. The summed E-state index contributed by atoms with van der Waals surface area (Å²) in [4.78, 5) is 35.8. The SMILES string of the molecule is O=C(N/N=C\c1cccc(OC(=O)c2ccc(Cl)cc2)c1)C(=O)Nc1ccc(F)cc1. The van der Waals surface area contributed by atoms with Gasteiger partial charge >= 0.3 is 17.8 Å². The number of halogens is 2. The van der Waals surface area contributed by atoms with Crippen molar-refractivity contribution in [1.82, 2.24) is 5.43 Å². The molecule has 0 saturated carbocycles. The van der Waals surface area contributed by atoms with Crippen molar-refractivity contribution in [2.24, 2.45) is 5.10 Å². The Morgan fingerprint density at radius 2 is 1.65 bits per heavy atom. The highest BCUT2D eigenvalue weighted by Gasteiger charge is 2.13. The van der Waals surface area contributed by atoms with Crippen molar-refractivity contribution >= 4 is 41.3 Å². The standard InChI is InChI=1S/C22H15ClFN3O4/c23-16-6-4-15(5-7-16)22(30)31-19-3-1-2-14(12-19)13-25-27-21(29)20(28)26-18-10-8-17(24)9-11-18/h1-13H,(H,26,28)(H,27,29)/b25-13-. The largest absolute Gasteiger partial charge is 0.423 e. The molecule has 0 saturated heterocycles. The van der Waals surface area contributed by atoms with Crippen molar-refractivity contribution in [2.45, 2.75) is 0 Å². The lowest BCUT2D eigenvalue weighted by Crippen LogP contribution is -2.32. The maximum Gasteiger partial charge on any atom is 0.343 e. The highest BCUT2D eigenvalue weighted by atomic mass is 35.5. The average molecular weight is 440 g/mol. The maximum atomic E-state index is 12.9. The second-order valence-electron chi connectivity index (χ2n) is 6.13. The molecule has 0 atom stereocenters. The minimum Gasteiger partial charge on any atom is -0.423 e. The molecule has 3 aromatic rings. The second-order valence-corrected chi connectivity index (χ2v) is 6.57. The van der Waals surface area contributed by atoms with Crippen molar-refractivity contribution in [3.05, 3.63) is 94.8 Å². The van der Waals surface area contributed by atoms with Gasteiger partial charge < -0.3 is 10.1 Å². The molecule has 2 N–H and O–H groups in total. The smallest absolute Gasteiger partial charge is 0.343 e. The fraction of sp³-hybridized carbons (Fsp3) is 0. The second kappa shape index (κ2) is 10.1. The Bertz CT molecular complexity index is 1130. The first-order valence-corrected chi connectivity index (χ1v) is 9.26. The van der Waals surface area contributed by atoms with Gasteiger partial charge in [0.2, 0.25) is 0 Å². The number of hydrazone groups is 1. The number of carbonyl (C=O) groups is 3. The van der Waals surface area contributed by atoms with Gasteiger partial charge in [-0.2, -0.15) is 5.10 Å². The number of hydrogen-bond donors (Lipinski definition) is 2. The zero-order valence-corrected chi connectivity index (χ0v) is 16.6. The molecule has 0 aliphatic carbocycles. The van der Waals surface area contributed by atoms with Crippen LogP contribution in [0.2, 0.25) is 5.02 Å². The molecule has 0 aliphatic rings. The van der Waals surface area contributed by atoms with Gasteiger partial charge in [-0.3, -0.25) is 9.59 Å². The van der Waals surface area contributed by atoms with Crippen molar-refractivity contribution in [2.75, 3.05) is 5.32 Å². The Labute approximate surface area is 181 Å². The molecule has 0 aliphatic heterocycles. The number of hydrogen-bond acceptors (Lipinski definition) is 5. The molecular weight excluding hydrogens is 425 g/mol. The van der Waals surface area contributed by atoms with E-state index >= 15 is 0 Å². The third-order valence-corrected chi connectivity index (χ3v) is 4.09. The van der Waals surface area contributed by atoms with Gasteiger partial charge in [0.15, 0.2) is 0 Å². The van der Waals surface area contributed by atoms with E-state index in [0.29, 0.717) is 16.1 Å². The van der Waals surface area contributed by atoms with Crippen LogP contribution in [0.1, 0.15) is 15.9 Å². The van der Waals surface area contributed by atoms with Crippen LogP contribution in [0.15, 0.2) is 77.9 Å². The molecular formula is C22H15ClFN3O4. The van der Waals surface area contributed by atoms with Gasteiger partial charge in [0.25, 0.3) is 0 Å². The molecule has 0 heterocycles. The minimum atomic E-state index is -1.01. The first-order valence-electron chi connectivity index (χ1n) is 8.88. The third kappa shape index (κ3) is 6.48. The molecule has 31 heavy (non-hydrogen) atoms. The van der Waals surface area contributed by atoms with E-state index in [2.05, 4.69) is 15.8 Å². The molecule has 0 unspecified atom stereocenters. The Morgan fingerprint density at radius 1 is 0.935 bits per heavy atom. The van der Waals surface area contributed by atoms with Crippen molar-refractivity contribution in [1.29, 1.82) is 0 Å². The van der Waals surface area contributed by atoms with Gasteiger partial charge in [-0.15, -0.1) is 0 Å². The van der Waals surface area contributed by atoms with Gasteiger partial charge in [0.05, 0.1) is 11.8 Å². The minimum absolute atomic E-state index is 0.265. The van der Waals surface area contributed by atoms with E-state index in [-0.39, 0.29) is 11.4 Å². The van der Waals surface area contributed by atoms with Gasteiger partial charge in [0, 0.05) is 10.7 Å². The number of esters is 1. The lowest BCUT2D eigenvalue weighted by atomic mass is 10.2. The Balaban J connectivity index is 1.55. The summed E-state index contributed by atoms with van der Waals surface area (Å²) in [6.07, 6.45) is 1.28. The van der Waals surface area contributed by atoms with E-state index in [1.54, 1.807) is 42.5 Å². The summed E-state index contributed by atoms with van der Waals surface area (Å²) in [7, 11) is 0. The Morgan fingerprint density at radius 3 is 2.35 bits per heavy atom. The van der Waals surface area contributed by atoms with E-state index in [0.717, 1.165) is 12.1 Å². The number of benzene rings is 3. The highest BCUT2D eigenvalue weighted by Crippen LogP contribution is 2.16. The van der Waals surface area contributed by atoms with Gasteiger partial charge in [-0.05, 0) is 66.2 Å². The first kappa shape index (κ1) is 21.7. The maximum absolute atomic E-state index is 12.9. The molecule has 9 heteroatoms. The van der Waals surface area contributed by atoms with E-state index < -0.39 is 23.6 Å². The number of nitrogens with zero attached hydrogens (tertiary/aromatic N) is 1. The number of carbonyl (C=O) groups excluding carboxylic acids is 3. The quantitative estimate of drug-likeness (QED) is 0.208. The van der Waals surface area contributed by atoms with Crippen LogP contribution in [-0.2, 0) is 9.59 Å². The summed E-state index contributed by atoms with van der Waals surface area (Å²) in [6.45, 7) is 0. The first-order chi connectivity index (χ1) is 14.9. The lowest BCUT2D eigenvalue weighted by molar-refractivity contribution is -0.136. The monoisotopic (exact) mass is 439 g/mol. The molecule has 3 rings (SSSR count). The number of amides is 2. The summed E-state index contributed by atoms with van der Waals surface area (Å²) >= 11 is 5.80. The Kier molecular flexibility index (Phi) is 7.08. The normalized spacial score (nSPS) is 10.5. The van der Waals surface area contributed by atoms with Crippen molar-refractivity contribution in [3.63, 3.8) is 0 Å². The highest BCUT2D eigenvalue weighted by molar-refractivity contribution is 6.39. The van der Waals surface area contributed by atoms with Crippen LogP contribution in [0.3, 0.4) is 0 Å². The molecule has 0 aromatic heterocycles. The van der Waals surface area contributed by atoms with Crippen LogP contribution in [0, 0.1) is 5.82 Å². The average Bonchev–Trinajstić information content (AvgIpc) is 2.76. The molecule has 3 aromatic carbocycles. The number of rotatable bonds is 5. The molecule has 156 valence electrons. The van der Waals surface area contributed by atoms with E-state index in [1.807, 2.05) is 0 Å². The van der Waals surface area contributed by atoms with E-state index in [4.69, 9.17) is 16.3 Å². The van der Waals surface area contributed by atoms with Crippen molar-refractivity contribution < 1.29 is 23.5 Å².